The van der Waals surface area contributed by atoms with Crippen molar-refractivity contribution in [3.05, 3.63) is 48.0 Å². The van der Waals surface area contributed by atoms with Gasteiger partial charge in [0.05, 0.1) is 0 Å². The minimum atomic E-state index is -0.873. The molecule has 0 aromatic heterocycles. The molecular weight excluding hydrogens is 196 g/mol. The minimum Gasteiger partial charge on any atom is -0.0641 e. The summed E-state index contributed by atoms with van der Waals surface area (Å²) in [5.41, 5.74) is 4.35. The van der Waals surface area contributed by atoms with Gasteiger partial charge in [-0.1, -0.05) is 64.9 Å². The first kappa shape index (κ1) is 8.92. The summed E-state index contributed by atoms with van der Waals surface area (Å²) in [5, 5.41) is 3.23. The Morgan fingerprint density at radius 2 is 1.60 bits per heavy atom. The van der Waals surface area contributed by atoms with E-state index in [0.29, 0.717) is 0 Å². The summed E-state index contributed by atoms with van der Waals surface area (Å²) in [6.45, 7) is 4.62. The molecule has 0 amide bonds. The van der Waals surface area contributed by atoms with Crippen molar-refractivity contribution in [1.29, 1.82) is 0 Å². The summed E-state index contributed by atoms with van der Waals surface area (Å²) < 4.78 is 0. The fourth-order valence-electron chi connectivity index (χ4n) is 2.57. The highest BCUT2D eigenvalue weighted by molar-refractivity contribution is 6.88. The maximum atomic E-state index is 2.43. The molecule has 1 atom stereocenters. The highest BCUT2D eigenvalue weighted by Gasteiger charge is 2.25. The maximum Gasteiger partial charge on any atom is 0.101 e. The molecule has 0 nitrogen and oxygen atoms in total. The number of aryl methyl sites for hydroxylation is 1. The van der Waals surface area contributed by atoms with E-state index in [1.165, 1.54) is 16.7 Å². The first-order chi connectivity index (χ1) is 7.27. The number of hydrogen-bond donors (Lipinski definition) is 0. The van der Waals surface area contributed by atoms with E-state index < -0.39 is 8.80 Å². The molecule has 0 spiro atoms. The van der Waals surface area contributed by atoms with Crippen LogP contribution in [0.1, 0.15) is 5.56 Å². The van der Waals surface area contributed by atoms with Gasteiger partial charge in [-0.2, -0.15) is 0 Å². The highest BCUT2D eigenvalue weighted by Crippen LogP contribution is 2.22. The quantitative estimate of drug-likeness (QED) is 0.583. The van der Waals surface area contributed by atoms with Crippen LogP contribution in [0.5, 0.6) is 0 Å². The van der Waals surface area contributed by atoms with E-state index in [9.17, 15) is 0 Å². The molecule has 74 valence electrons. The largest absolute Gasteiger partial charge is 0.101 e. The van der Waals surface area contributed by atoms with Gasteiger partial charge >= 0.3 is 0 Å². The van der Waals surface area contributed by atoms with Crippen molar-refractivity contribution in [2.75, 3.05) is 0 Å². The van der Waals surface area contributed by atoms with Gasteiger partial charge in [0.1, 0.15) is 8.80 Å². The van der Waals surface area contributed by atoms with E-state index in [2.05, 4.69) is 55.9 Å². The van der Waals surface area contributed by atoms with Crippen LogP contribution >= 0.6 is 0 Å². The minimum absolute atomic E-state index is 0.873. The average molecular weight is 210 g/mol. The first-order valence-electron chi connectivity index (χ1n) is 5.47. The molecule has 0 N–H and O–H groups in total. The van der Waals surface area contributed by atoms with Crippen molar-refractivity contribution in [1.82, 2.24) is 0 Å². The molecule has 0 aliphatic carbocycles. The molecule has 1 aliphatic rings. The normalized spacial score (nSPS) is 17.3. The molecule has 1 heterocycles. The van der Waals surface area contributed by atoms with Gasteiger partial charge in [-0.05, 0) is 18.1 Å². The molecule has 15 heavy (non-hydrogen) atoms. The second kappa shape index (κ2) is 3.07. The predicted octanol–water partition coefficient (Wildman–Crippen LogP) is 1.95. The zero-order valence-electron chi connectivity index (χ0n) is 9.12. The Labute approximate surface area is 92.2 Å². The van der Waals surface area contributed by atoms with E-state index in [-0.39, 0.29) is 0 Å². The van der Waals surface area contributed by atoms with Gasteiger partial charge in [0.15, 0.2) is 0 Å². The topological polar surface area (TPSA) is 0 Å². The van der Waals surface area contributed by atoms with Crippen LogP contribution in [0.3, 0.4) is 0 Å². The lowest BCUT2D eigenvalue weighted by Gasteiger charge is -2.04. The summed E-state index contributed by atoms with van der Waals surface area (Å²) in [6.07, 6.45) is 0. The third-order valence-corrected chi connectivity index (χ3v) is 6.24. The molecule has 0 saturated carbocycles. The van der Waals surface area contributed by atoms with Crippen molar-refractivity contribution in [3.8, 4) is 11.1 Å². The summed E-state index contributed by atoms with van der Waals surface area (Å²) in [4.78, 5) is 0. The molecule has 1 unspecified atom stereocenters. The lowest BCUT2D eigenvalue weighted by atomic mass is 10.0. The van der Waals surface area contributed by atoms with Crippen LogP contribution in [0.2, 0.25) is 6.55 Å². The summed E-state index contributed by atoms with van der Waals surface area (Å²) in [6, 6.07) is 15.8. The van der Waals surface area contributed by atoms with Crippen LogP contribution in [0.4, 0.5) is 0 Å². The standard InChI is InChI=1S/C14H14Si/c1-10-7-8-12-11-5-3-4-6-13(11)15(2)14(12)9-10/h3-9,15H,1-2H3. The Morgan fingerprint density at radius 1 is 0.867 bits per heavy atom. The SMILES string of the molecule is Cc1ccc2c(c1)[SiH](C)c1ccccc1-2. The smallest absolute Gasteiger partial charge is 0.0641 e. The van der Waals surface area contributed by atoms with E-state index in [1.807, 2.05) is 0 Å². The summed E-state index contributed by atoms with van der Waals surface area (Å²) >= 11 is 0. The predicted molar refractivity (Wildman–Crippen MR) is 68.9 cm³/mol. The lowest BCUT2D eigenvalue weighted by molar-refractivity contribution is 1.49. The van der Waals surface area contributed by atoms with Gasteiger partial charge in [-0.15, -0.1) is 0 Å². The third kappa shape index (κ3) is 1.20. The summed E-state index contributed by atoms with van der Waals surface area (Å²) in [5.74, 6) is 0. The van der Waals surface area contributed by atoms with E-state index in [0.717, 1.165) is 0 Å². The van der Waals surface area contributed by atoms with Crippen LogP contribution < -0.4 is 10.4 Å². The zero-order valence-corrected chi connectivity index (χ0v) is 10.3. The second-order valence-electron chi connectivity index (χ2n) is 4.40. The Hall–Kier alpha value is -1.34. The maximum absolute atomic E-state index is 2.43. The monoisotopic (exact) mass is 210 g/mol. The van der Waals surface area contributed by atoms with Crippen molar-refractivity contribution < 1.29 is 0 Å². The third-order valence-electron chi connectivity index (χ3n) is 3.39. The van der Waals surface area contributed by atoms with Gasteiger partial charge in [0.2, 0.25) is 0 Å². The fourth-order valence-corrected chi connectivity index (χ4v) is 5.26. The van der Waals surface area contributed by atoms with Crippen LogP contribution in [0.15, 0.2) is 42.5 Å². The molecule has 1 heteroatoms. The lowest BCUT2D eigenvalue weighted by Crippen LogP contribution is -2.34. The molecule has 0 fully saturated rings. The Balaban J connectivity index is 2.32. The van der Waals surface area contributed by atoms with Crippen LogP contribution in [-0.2, 0) is 0 Å². The number of hydrogen-bond acceptors (Lipinski definition) is 0. The van der Waals surface area contributed by atoms with Crippen LogP contribution in [-0.4, -0.2) is 8.80 Å². The fraction of sp³-hybridized carbons (Fsp3) is 0.143. The van der Waals surface area contributed by atoms with Gasteiger partial charge in [-0.25, -0.2) is 0 Å². The first-order valence-corrected chi connectivity index (χ1v) is 7.78. The van der Waals surface area contributed by atoms with E-state index in [4.69, 9.17) is 0 Å². The van der Waals surface area contributed by atoms with Crippen LogP contribution in [0, 0.1) is 6.92 Å². The van der Waals surface area contributed by atoms with Crippen molar-refractivity contribution in [3.63, 3.8) is 0 Å². The van der Waals surface area contributed by atoms with Gasteiger partial charge in [-0.3, -0.25) is 0 Å². The number of rotatable bonds is 0. The zero-order chi connectivity index (χ0) is 10.4. The molecule has 3 rings (SSSR count). The Kier molecular flexibility index (Phi) is 1.83. The van der Waals surface area contributed by atoms with Crippen molar-refractivity contribution >= 4 is 19.2 Å². The number of benzene rings is 2. The molecule has 0 saturated heterocycles. The molecule has 1 aliphatic heterocycles. The molecule has 0 bridgehead atoms. The average Bonchev–Trinajstić information content (AvgIpc) is 2.54. The van der Waals surface area contributed by atoms with E-state index in [1.54, 1.807) is 10.4 Å². The highest BCUT2D eigenvalue weighted by atomic mass is 28.3. The summed E-state index contributed by atoms with van der Waals surface area (Å²) in [7, 11) is -0.873. The Bertz CT molecular complexity index is 529. The molecular formula is C14H14Si. The van der Waals surface area contributed by atoms with Crippen LogP contribution in [0.25, 0.3) is 11.1 Å². The van der Waals surface area contributed by atoms with Gasteiger partial charge < -0.3 is 0 Å². The second-order valence-corrected chi connectivity index (χ2v) is 7.09. The van der Waals surface area contributed by atoms with Crippen molar-refractivity contribution in [2.24, 2.45) is 0 Å². The van der Waals surface area contributed by atoms with Gasteiger partial charge in [0, 0.05) is 0 Å². The molecule has 0 radical (unpaired) electrons. The van der Waals surface area contributed by atoms with E-state index >= 15 is 0 Å². The molecule has 2 aromatic rings. The van der Waals surface area contributed by atoms with Crippen molar-refractivity contribution in [2.45, 2.75) is 13.5 Å². The molecule has 2 aromatic carbocycles. The van der Waals surface area contributed by atoms with Gasteiger partial charge in [0.25, 0.3) is 0 Å². The number of fused-ring (bicyclic) bond motifs is 3. The Morgan fingerprint density at radius 3 is 2.47 bits per heavy atom.